The van der Waals surface area contributed by atoms with Gasteiger partial charge in [-0.25, -0.2) is 0 Å². The van der Waals surface area contributed by atoms with E-state index >= 15 is 0 Å². The van der Waals surface area contributed by atoms with Gasteiger partial charge in [0.15, 0.2) is 0 Å². The molecule has 1 aliphatic heterocycles. The minimum atomic E-state index is -0.526. The summed E-state index contributed by atoms with van der Waals surface area (Å²) in [5.74, 6) is 0.209. The van der Waals surface area contributed by atoms with Gasteiger partial charge in [-0.3, -0.25) is 4.79 Å². The molecular weight excluding hydrogens is 214 g/mol. The van der Waals surface area contributed by atoms with Gasteiger partial charge in [0.05, 0.1) is 5.60 Å². The van der Waals surface area contributed by atoms with Crippen molar-refractivity contribution in [2.45, 2.75) is 59.0 Å². The molecule has 2 aliphatic rings. The summed E-state index contributed by atoms with van der Waals surface area (Å²) in [6, 6.07) is 0. The SMILES string of the molecule is CC(C)(C)C(=O)N1CCC(O)(C2(C)CC2)CC1. The molecule has 1 saturated carbocycles. The van der Waals surface area contributed by atoms with Crippen molar-refractivity contribution in [2.24, 2.45) is 10.8 Å². The molecule has 0 aromatic heterocycles. The van der Waals surface area contributed by atoms with E-state index in [2.05, 4.69) is 6.92 Å². The van der Waals surface area contributed by atoms with E-state index in [-0.39, 0.29) is 16.7 Å². The van der Waals surface area contributed by atoms with Gasteiger partial charge in [0.1, 0.15) is 0 Å². The lowest BCUT2D eigenvalue weighted by atomic mass is 9.77. The van der Waals surface area contributed by atoms with Crippen LogP contribution in [-0.4, -0.2) is 34.6 Å². The third kappa shape index (κ3) is 2.22. The monoisotopic (exact) mass is 239 g/mol. The average Bonchev–Trinajstić information content (AvgIpc) is 2.97. The summed E-state index contributed by atoms with van der Waals surface area (Å²) in [6.45, 7) is 9.47. The van der Waals surface area contributed by atoms with Gasteiger partial charge < -0.3 is 10.0 Å². The standard InChI is InChI=1S/C14H25NO2/c1-12(2,3)11(16)15-9-7-14(17,8-10-15)13(4)5-6-13/h17H,5-10H2,1-4H3. The van der Waals surface area contributed by atoms with Gasteiger partial charge in [-0.15, -0.1) is 0 Å². The molecule has 1 aliphatic carbocycles. The molecule has 0 aromatic rings. The van der Waals surface area contributed by atoms with Gasteiger partial charge in [0.2, 0.25) is 5.91 Å². The van der Waals surface area contributed by atoms with Gasteiger partial charge in [-0.2, -0.15) is 0 Å². The number of hydrogen-bond donors (Lipinski definition) is 1. The van der Waals surface area contributed by atoms with Crippen LogP contribution >= 0.6 is 0 Å². The summed E-state index contributed by atoms with van der Waals surface area (Å²) in [6.07, 6.45) is 3.75. The molecule has 0 radical (unpaired) electrons. The molecule has 2 rings (SSSR count). The number of hydrogen-bond acceptors (Lipinski definition) is 2. The number of carbonyl (C=O) groups is 1. The fourth-order valence-electron chi connectivity index (χ4n) is 2.81. The van der Waals surface area contributed by atoms with Gasteiger partial charge in [0, 0.05) is 18.5 Å². The van der Waals surface area contributed by atoms with Crippen molar-refractivity contribution in [3.63, 3.8) is 0 Å². The minimum Gasteiger partial charge on any atom is -0.389 e. The smallest absolute Gasteiger partial charge is 0.227 e. The van der Waals surface area contributed by atoms with Crippen LogP contribution in [0.5, 0.6) is 0 Å². The van der Waals surface area contributed by atoms with Crippen molar-refractivity contribution in [3.8, 4) is 0 Å². The van der Waals surface area contributed by atoms with Gasteiger partial charge in [-0.05, 0) is 31.1 Å². The molecule has 2 fully saturated rings. The summed E-state index contributed by atoms with van der Waals surface area (Å²) >= 11 is 0. The number of likely N-dealkylation sites (tertiary alicyclic amines) is 1. The molecule has 0 unspecified atom stereocenters. The summed E-state index contributed by atoms with van der Waals surface area (Å²) < 4.78 is 0. The first kappa shape index (κ1) is 12.9. The van der Waals surface area contributed by atoms with E-state index < -0.39 is 5.60 Å². The number of rotatable bonds is 1. The van der Waals surface area contributed by atoms with Crippen LogP contribution in [0.25, 0.3) is 0 Å². The van der Waals surface area contributed by atoms with Crippen LogP contribution in [0.3, 0.4) is 0 Å². The third-order valence-corrected chi connectivity index (χ3v) is 4.64. The molecule has 0 aromatic carbocycles. The highest BCUT2D eigenvalue weighted by atomic mass is 16.3. The predicted octanol–water partition coefficient (Wildman–Crippen LogP) is 2.19. The van der Waals surface area contributed by atoms with Crippen LogP contribution in [0.4, 0.5) is 0 Å². The first-order valence-electron chi connectivity index (χ1n) is 6.70. The van der Waals surface area contributed by atoms with E-state index in [1.807, 2.05) is 25.7 Å². The van der Waals surface area contributed by atoms with Crippen LogP contribution < -0.4 is 0 Å². The van der Waals surface area contributed by atoms with Crippen molar-refractivity contribution in [1.82, 2.24) is 4.90 Å². The predicted molar refractivity (Wildman–Crippen MR) is 67.6 cm³/mol. The number of nitrogens with zero attached hydrogens (tertiary/aromatic N) is 1. The van der Waals surface area contributed by atoms with E-state index in [1.54, 1.807) is 0 Å². The summed E-state index contributed by atoms with van der Waals surface area (Å²) in [7, 11) is 0. The lowest BCUT2D eigenvalue weighted by molar-refractivity contribution is -0.146. The Hall–Kier alpha value is -0.570. The highest BCUT2D eigenvalue weighted by Crippen LogP contribution is 2.57. The lowest BCUT2D eigenvalue weighted by Gasteiger charge is -2.43. The largest absolute Gasteiger partial charge is 0.389 e. The molecule has 1 heterocycles. The van der Waals surface area contributed by atoms with E-state index in [0.29, 0.717) is 13.1 Å². The minimum absolute atomic E-state index is 0.129. The molecular formula is C14H25NO2. The molecule has 0 atom stereocenters. The van der Waals surface area contributed by atoms with Gasteiger partial charge in [-0.1, -0.05) is 27.7 Å². The molecule has 0 spiro atoms. The maximum Gasteiger partial charge on any atom is 0.227 e. The van der Waals surface area contributed by atoms with Crippen molar-refractivity contribution in [2.75, 3.05) is 13.1 Å². The maximum absolute atomic E-state index is 12.1. The topological polar surface area (TPSA) is 40.5 Å². The highest BCUT2D eigenvalue weighted by molar-refractivity contribution is 5.81. The molecule has 98 valence electrons. The van der Waals surface area contributed by atoms with E-state index in [0.717, 1.165) is 25.7 Å². The van der Waals surface area contributed by atoms with Crippen molar-refractivity contribution in [3.05, 3.63) is 0 Å². The van der Waals surface area contributed by atoms with Crippen LogP contribution in [0.2, 0.25) is 0 Å². The Morgan fingerprint density at radius 1 is 1.12 bits per heavy atom. The lowest BCUT2D eigenvalue weighted by Crippen LogP contribution is -2.52. The zero-order chi connectivity index (χ0) is 12.9. The van der Waals surface area contributed by atoms with Crippen LogP contribution in [0.1, 0.15) is 53.4 Å². The molecule has 3 nitrogen and oxygen atoms in total. The van der Waals surface area contributed by atoms with E-state index in [4.69, 9.17) is 0 Å². The Balaban J connectivity index is 1.97. The Labute approximate surface area is 104 Å². The maximum atomic E-state index is 12.1. The summed E-state index contributed by atoms with van der Waals surface area (Å²) in [4.78, 5) is 14.1. The van der Waals surface area contributed by atoms with Crippen LogP contribution in [0, 0.1) is 10.8 Å². The molecule has 3 heteroatoms. The van der Waals surface area contributed by atoms with Crippen molar-refractivity contribution >= 4 is 5.91 Å². The van der Waals surface area contributed by atoms with Crippen LogP contribution in [0.15, 0.2) is 0 Å². The Bertz CT molecular complexity index is 318. The molecule has 1 saturated heterocycles. The molecule has 17 heavy (non-hydrogen) atoms. The normalized spacial score (nSPS) is 26.8. The summed E-state index contributed by atoms with van der Waals surface area (Å²) in [5.41, 5.74) is -0.704. The number of carbonyl (C=O) groups excluding carboxylic acids is 1. The Morgan fingerprint density at radius 2 is 1.59 bits per heavy atom. The first-order chi connectivity index (χ1) is 7.68. The van der Waals surface area contributed by atoms with Crippen molar-refractivity contribution < 1.29 is 9.90 Å². The second kappa shape index (κ2) is 3.71. The zero-order valence-corrected chi connectivity index (χ0v) is 11.5. The summed E-state index contributed by atoms with van der Waals surface area (Å²) in [5, 5.41) is 10.6. The average molecular weight is 239 g/mol. The first-order valence-corrected chi connectivity index (χ1v) is 6.70. The van der Waals surface area contributed by atoms with E-state index in [9.17, 15) is 9.90 Å². The Morgan fingerprint density at radius 3 is 1.94 bits per heavy atom. The highest BCUT2D eigenvalue weighted by Gasteiger charge is 2.55. The fourth-order valence-corrected chi connectivity index (χ4v) is 2.81. The second-order valence-electron chi connectivity index (χ2n) is 7.13. The fraction of sp³-hybridized carbons (Fsp3) is 0.929. The second-order valence-corrected chi connectivity index (χ2v) is 7.13. The van der Waals surface area contributed by atoms with E-state index in [1.165, 1.54) is 0 Å². The number of amides is 1. The molecule has 1 amide bonds. The number of aliphatic hydroxyl groups is 1. The molecule has 1 N–H and O–H groups in total. The number of piperidine rings is 1. The van der Waals surface area contributed by atoms with Crippen LogP contribution in [-0.2, 0) is 4.79 Å². The van der Waals surface area contributed by atoms with Crippen molar-refractivity contribution in [1.29, 1.82) is 0 Å². The van der Waals surface area contributed by atoms with Gasteiger partial charge in [0.25, 0.3) is 0 Å². The molecule has 0 bridgehead atoms. The quantitative estimate of drug-likeness (QED) is 0.762. The Kier molecular flexibility index (Phi) is 2.81. The third-order valence-electron chi connectivity index (χ3n) is 4.64. The van der Waals surface area contributed by atoms with Gasteiger partial charge >= 0.3 is 0 Å². The zero-order valence-electron chi connectivity index (χ0n) is 11.5.